The summed E-state index contributed by atoms with van der Waals surface area (Å²) in [5, 5.41) is 26.4. The number of thiazole rings is 1. The maximum atomic E-state index is 12.4. The molecule has 2 aromatic heterocycles. The molecule has 8 nitrogen and oxygen atoms in total. The van der Waals surface area contributed by atoms with Crippen LogP contribution in [0.2, 0.25) is 0 Å². The van der Waals surface area contributed by atoms with E-state index in [2.05, 4.69) is 15.3 Å². The molecule has 1 aromatic carbocycles. The molecule has 3 heterocycles. The van der Waals surface area contributed by atoms with Crippen molar-refractivity contribution in [2.24, 2.45) is 0 Å². The van der Waals surface area contributed by atoms with E-state index in [9.17, 15) is 15.0 Å². The topological polar surface area (TPSA) is 111 Å². The van der Waals surface area contributed by atoms with E-state index in [1.807, 2.05) is 29.6 Å². The van der Waals surface area contributed by atoms with E-state index < -0.39 is 5.60 Å². The molecule has 1 atom stereocenters. The number of nitrogens with zero attached hydrogens (tertiary/aromatic N) is 4. The highest BCUT2D eigenvalue weighted by atomic mass is 32.1. The average molecular weight is 438 g/mol. The zero-order valence-corrected chi connectivity index (χ0v) is 17.8. The van der Waals surface area contributed by atoms with Crippen LogP contribution in [0, 0.1) is 0 Å². The zero-order valence-electron chi connectivity index (χ0n) is 17.0. The molecule has 5 rings (SSSR count). The fourth-order valence-electron chi connectivity index (χ4n) is 4.01. The number of benzene rings is 1. The fraction of sp³-hybridized carbons (Fsp3) is 0.364. The van der Waals surface area contributed by atoms with Crippen molar-refractivity contribution in [3.63, 3.8) is 0 Å². The number of carbonyl (C=O) groups excluding carboxylic acids is 1. The second-order valence-corrected chi connectivity index (χ2v) is 9.05. The molecule has 1 amide bonds. The van der Waals surface area contributed by atoms with E-state index in [4.69, 9.17) is 4.98 Å². The number of rotatable bonds is 5. The van der Waals surface area contributed by atoms with Crippen molar-refractivity contribution in [3.8, 4) is 22.0 Å². The normalized spacial score (nSPS) is 25.5. The van der Waals surface area contributed by atoms with E-state index in [-0.39, 0.29) is 18.1 Å². The van der Waals surface area contributed by atoms with E-state index >= 15 is 0 Å². The third-order valence-electron chi connectivity index (χ3n) is 5.97. The number of hydrogen-bond donors (Lipinski definition) is 3. The number of aliphatic hydroxyl groups is 2. The van der Waals surface area contributed by atoms with Gasteiger partial charge in [0.2, 0.25) is 5.95 Å². The molecule has 1 aliphatic heterocycles. The maximum absolute atomic E-state index is 12.4. The number of likely N-dealkylation sites (tertiary alicyclic amines) is 1. The predicted octanol–water partition coefficient (Wildman–Crippen LogP) is 2.25. The number of nitrogens with one attached hydrogen (secondary N) is 1. The predicted molar refractivity (Wildman–Crippen MR) is 117 cm³/mol. The van der Waals surface area contributed by atoms with Crippen molar-refractivity contribution in [3.05, 3.63) is 47.5 Å². The monoisotopic (exact) mass is 437 g/mol. The van der Waals surface area contributed by atoms with Gasteiger partial charge in [0.25, 0.3) is 5.91 Å². The van der Waals surface area contributed by atoms with Gasteiger partial charge in [-0.25, -0.2) is 15.0 Å². The number of carbonyl (C=O) groups is 1. The van der Waals surface area contributed by atoms with Crippen molar-refractivity contribution in [1.82, 2.24) is 19.9 Å². The molecule has 2 aliphatic rings. The fourth-order valence-corrected chi connectivity index (χ4v) is 4.82. The van der Waals surface area contributed by atoms with E-state index in [0.717, 1.165) is 16.3 Å². The van der Waals surface area contributed by atoms with Crippen LogP contribution in [0.3, 0.4) is 0 Å². The summed E-state index contributed by atoms with van der Waals surface area (Å²) in [4.78, 5) is 27.5. The van der Waals surface area contributed by atoms with Gasteiger partial charge in [-0.15, -0.1) is 11.3 Å². The molecule has 0 bridgehead atoms. The zero-order chi connectivity index (χ0) is 21.6. The smallest absolute Gasteiger partial charge is 0.258 e. The Balaban J connectivity index is 1.38. The van der Waals surface area contributed by atoms with Gasteiger partial charge < -0.3 is 20.4 Å². The molecule has 3 aromatic rings. The Hall–Kier alpha value is -2.88. The van der Waals surface area contributed by atoms with Gasteiger partial charge in [0.15, 0.2) is 5.60 Å². The number of likely N-dealkylation sites (N-methyl/N-ethyl adjacent to an activating group) is 1. The standard InChI is InChI=1S/C22H23N5O3S/c1-27-8-6-22(30,20(27)29)14-4-2-3-13(9-14)19-25-18(12-31-19)17-5-7-23-21(26-17)24-15-10-16(28)11-15/h2-5,7,9,12,15-16,28,30H,6,8,10-11H2,1H3,(H,23,24,26)/t15?,16?,22-/m1/s1. The first-order chi connectivity index (χ1) is 14.9. The minimum Gasteiger partial charge on any atom is -0.393 e. The van der Waals surface area contributed by atoms with Crippen molar-refractivity contribution >= 4 is 23.2 Å². The summed E-state index contributed by atoms with van der Waals surface area (Å²) in [5.41, 5.74) is 1.41. The lowest BCUT2D eigenvalue weighted by Crippen LogP contribution is -2.39. The highest BCUT2D eigenvalue weighted by Gasteiger charge is 2.45. The van der Waals surface area contributed by atoms with Crippen LogP contribution in [0.15, 0.2) is 41.9 Å². The SMILES string of the molecule is CN1CC[C@@](O)(c2cccc(-c3nc(-c4ccnc(NC5CC(O)C5)n4)cs3)c2)C1=O. The number of hydrogen-bond acceptors (Lipinski definition) is 8. The third-order valence-corrected chi connectivity index (χ3v) is 6.86. The molecule has 160 valence electrons. The van der Waals surface area contributed by atoms with Crippen LogP contribution >= 0.6 is 11.3 Å². The van der Waals surface area contributed by atoms with Gasteiger partial charge in [0.1, 0.15) is 10.7 Å². The van der Waals surface area contributed by atoms with E-state index in [1.54, 1.807) is 24.2 Å². The van der Waals surface area contributed by atoms with Crippen LogP contribution in [0.4, 0.5) is 5.95 Å². The Morgan fingerprint density at radius 1 is 1.23 bits per heavy atom. The molecule has 3 N–H and O–H groups in total. The largest absolute Gasteiger partial charge is 0.393 e. The van der Waals surface area contributed by atoms with Crippen molar-refractivity contribution in [1.29, 1.82) is 0 Å². The first-order valence-corrected chi connectivity index (χ1v) is 11.1. The molecule has 1 aliphatic carbocycles. The highest BCUT2D eigenvalue weighted by Crippen LogP contribution is 2.36. The summed E-state index contributed by atoms with van der Waals surface area (Å²) in [6.45, 7) is 0.533. The average Bonchev–Trinajstić information content (AvgIpc) is 3.35. The summed E-state index contributed by atoms with van der Waals surface area (Å²) >= 11 is 1.48. The maximum Gasteiger partial charge on any atom is 0.258 e. The minimum atomic E-state index is -1.48. The quantitative estimate of drug-likeness (QED) is 0.561. The summed E-state index contributed by atoms with van der Waals surface area (Å²) in [7, 11) is 1.70. The van der Waals surface area contributed by atoms with Crippen molar-refractivity contribution in [2.75, 3.05) is 18.9 Å². The Kier molecular flexibility index (Phi) is 4.96. The lowest BCUT2D eigenvalue weighted by atomic mass is 9.90. The first kappa shape index (κ1) is 20.0. The summed E-state index contributed by atoms with van der Waals surface area (Å²) in [6, 6.07) is 9.40. The Morgan fingerprint density at radius 2 is 2.06 bits per heavy atom. The number of anilines is 1. The van der Waals surface area contributed by atoms with Gasteiger partial charge >= 0.3 is 0 Å². The van der Waals surface area contributed by atoms with E-state index in [1.165, 1.54) is 11.3 Å². The molecule has 9 heteroatoms. The first-order valence-electron chi connectivity index (χ1n) is 10.2. The van der Waals surface area contributed by atoms with Gasteiger partial charge in [-0.1, -0.05) is 18.2 Å². The molecule has 0 spiro atoms. The Bertz CT molecular complexity index is 1130. The van der Waals surface area contributed by atoms with Crippen LogP contribution in [0.5, 0.6) is 0 Å². The molecule has 0 radical (unpaired) electrons. The molecule has 31 heavy (non-hydrogen) atoms. The number of amides is 1. The van der Waals surface area contributed by atoms with Crippen LogP contribution in [0.25, 0.3) is 22.0 Å². The lowest BCUT2D eigenvalue weighted by molar-refractivity contribution is -0.143. The lowest BCUT2D eigenvalue weighted by Gasteiger charge is -2.31. The summed E-state index contributed by atoms with van der Waals surface area (Å²) in [6.07, 6.45) is 3.24. The van der Waals surface area contributed by atoms with Crippen LogP contribution < -0.4 is 5.32 Å². The Labute approximate surface area is 183 Å². The summed E-state index contributed by atoms with van der Waals surface area (Å²) < 4.78 is 0. The molecule has 2 fully saturated rings. The Morgan fingerprint density at radius 3 is 2.81 bits per heavy atom. The van der Waals surface area contributed by atoms with Gasteiger partial charge in [-0.3, -0.25) is 4.79 Å². The molecule has 0 unspecified atom stereocenters. The third kappa shape index (κ3) is 3.69. The van der Waals surface area contributed by atoms with Crippen LogP contribution in [-0.4, -0.2) is 61.7 Å². The van der Waals surface area contributed by atoms with Gasteiger partial charge in [0.05, 0.1) is 11.8 Å². The summed E-state index contributed by atoms with van der Waals surface area (Å²) in [5.74, 6) is 0.251. The molecule has 1 saturated carbocycles. The number of aromatic nitrogens is 3. The molecule has 1 saturated heterocycles. The molecular weight excluding hydrogens is 414 g/mol. The van der Waals surface area contributed by atoms with Crippen molar-refractivity contribution < 1.29 is 15.0 Å². The highest BCUT2D eigenvalue weighted by molar-refractivity contribution is 7.13. The van der Waals surface area contributed by atoms with Crippen LogP contribution in [0.1, 0.15) is 24.8 Å². The van der Waals surface area contributed by atoms with E-state index in [0.29, 0.717) is 43.0 Å². The van der Waals surface area contributed by atoms with Crippen molar-refractivity contribution in [2.45, 2.75) is 37.0 Å². The van der Waals surface area contributed by atoms with Gasteiger partial charge in [-0.2, -0.15) is 0 Å². The number of aliphatic hydroxyl groups excluding tert-OH is 1. The minimum absolute atomic E-state index is 0.196. The second-order valence-electron chi connectivity index (χ2n) is 8.19. The molecular formula is C22H23N5O3S. The second kappa shape index (κ2) is 7.67. The van der Waals surface area contributed by atoms with Gasteiger partial charge in [-0.05, 0) is 30.5 Å². The van der Waals surface area contributed by atoms with Gasteiger partial charge in [0, 0.05) is 43.2 Å². The van der Waals surface area contributed by atoms with Crippen LogP contribution in [-0.2, 0) is 10.4 Å².